The second-order valence-corrected chi connectivity index (χ2v) is 15.0. The van der Waals surface area contributed by atoms with E-state index in [2.05, 4.69) is 118 Å². The van der Waals surface area contributed by atoms with Crippen molar-refractivity contribution >= 4 is 17.9 Å². The molecule has 0 bridgehead atoms. The topological polar surface area (TPSA) is 78.9 Å². The smallest absolute Gasteiger partial charge is 0.306 e. The summed E-state index contributed by atoms with van der Waals surface area (Å²) in [5.74, 6) is -1.03. The molecule has 6 heteroatoms. The van der Waals surface area contributed by atoms with E-state index in [0.717, 1.165) is 103 Å². The van der Waals surface area contributed by atoms with E-state index in [-0.39, 0.29) is 37.5 Å². The maximum absolute atomic E-state index is 12.7. The minimum absolute atomic E-state index is 0.119. The Morgan fingerprint density at radius 2 is 0.776 bits per heavy atom. The van der Waals surface area contributed by atoms with Gasteiger partial charge in [0, 0.05) is 19.3 Å². The van der Waals surface area contributed by atoms with Crippen molar-refractivity contribution in [2.75, 3.05) is 13.2 Å². The fourth-order valence-electron chi connectivity index (χ4n) is 5.85. The number of carbonyl (C=O) groups excluding carboxylic acids is 3. The fourth-order valence-corrected chi connectivity index (χ4v) is 5.85. The van der Waals surface area contributed by atoms with Crippen LogP contribution in [0.2, 0.25) is 0 Å². The molecule has 0 saturated heterocycles. The van der Waals surface area contributed by atoms with Gasteiger partial charge in [0.15, 0.2) is 6.10 Å². The number of allylic oxidation sites excluding steroid dienone is 16. The highest BCUT2D eigenvalue weighted by Gasteiger charge is 2.19. The molecule has 0 spiro atoms. The first kappa shape index (κ1) is 54.3. The van der Waals surface area contributed by atoms with Gasteiger partial charge in [-0.1, -0.05) is 182 Å². The molecular formula is C52H84O6. The molecule has 0 aliphatic carbocycles. The molecule has 0 aromatic heterocycles. The molecule has 58 heavy (non-hydrogen) atoms. The predicted molar refractivity (Wildman–Crippen MR) is 247 cm³/mol. The first-order valence-corrected chi connectivity index (χ1v) is 23.3. The second kappa shape index (κ2) is 46.0. The number of carbonyl (C=O) groups is 3. The van der Waals surface area contributed by atoms with Crippen molar-refractivity contribution in [1.82, 2.24) is 0 Å². The standard InChI is InChI=1S/C52H84O6/c1-4-7-10-13-16-19-22-23-24-25-26-27-28-31-33-36-39-42-45-51(54)57-48-49(58-52(55)46-43-40-37-34-30-21-18-15-12-9-6-3)47-56-50(53)44-41-38-35-32-29-20-17-14-11-8-5-2/h9,12,14,17-18,20-27,29,34,37,49H,4-8,10-11,13,15-16,19,28,30-33,35-36,38-48H2,1-3H3/b12-9-,17-14-,21-18-,23-22-,25-24-,27-26-,29-20-,37-34-. The summed E-state index contributed by atoms with van der Waals surface area (Å²) in [6, 6.07) is 0. The zero-order chi connectivity index (χ0) is 42.3. The molecule has 0 aromatic carbocycles. The number of ether oxygens (including phenoxy) is 3. The summed E-state index contributed by atoms with van der Waals surface area (Å²) in [6.45, 7) is 6.33. The van der Waals surface area contributed by atoms with E-state index in [1.807, 2.05) is 0 Å². The fraction of sp³-hybridized carbons (Fsp3) is 0.635. The minimum atomic E-state index is -0.822. The van der Waals surface area contributed by atoms with Crippen LogP contribution in [-0.4, -0.2) is 37.2 Å². The lowest BCUT2D eigenvalue weighted by Crippen LogP contribution is -2.30. The molecule has 0 rings (SSSR count). The molecule has 0 saturated carbocycles. The molecule has 0 heterocycles. The van der Waals surface area contributed by atoms with Crippen molar-refractivity contribution in [2.24, 2.45) is 0 Å². The van der Waals surface area contributed by atoms with Gasteiger partial charge in [0.2, 0.25) is 0 Å². The summed E-state index contributed by atoms with van der Waals surface area (Å²) in [5, 5.41) is 0. The van der Waals surface area contributed by atoms with Gasteiger partial charge in [-0.2, -0.15) is 0 Å². The Bertz CT molecular complexity index is 1200. The van der Waals surface area contributed by atoms with Crippen LogP contribution >= 0.6 is 0 Å². The van der Waals surface area contributed by atoms with Crippen LogP contribution in [0.5, 0.6) is 0 Å². The molecule has 0 N–H and O–H groups in total. The molecule has 1 unspecified atom stereocenters. The summed E-state index contributed by atoms with van der Waals surface area (Å²) in [7, 11) is 0. The Kier molecular flexibility index (Phi) is 43.1. The van der Waals surface area contributed by atoms with Crippen molar-refractivity contribution < 1.29 is 28.6 Å². The minimum Gasteiger partial charge on any atom is -0.462 e. The number of rotatable bonds is 40. The highest BCUT2D eigenvalue weighted by molar-refractivity contribution is 5.71. The Morgan fingerprint density at radius 1 is 0.379 bits per heavy atom. The van der Waals surface area contributed by atoms with Gasteiger partial charge in [0.1, 0.15) is 13.2 Å². The van der Waals surface area contributed by atoms with E-state index in [1.54, 1.807) is 0 Å². The van der Waals surface area contributed by atoms with Crippen LogP contribution in [-0.2, 0) is 28.6 Å². The van der Waals surface area contributed by atoms with E-state index in [4.69, 9.17) is 14.2 Å². The maximum Gasteiger partial charge on any atom is 0.306 e. The average Bonchev–Trinajstić information content (AvgIpc) is 3.22. The molecule has 0 fully saturated rings. The van der Waals surface area contributed by atoms with Gasteiger partial charge in [0.25, 0.3) is 0 Å². The lowest BCUT2D eigenvalue weighted by molar-refractivity contribution is -0.167. The normalized spacial score (nSPS) is 12.9. The third-order valence-electron chi connectivity index (χ3n) is 9.38. The number of unbranched alkanes of at least 4 members (excludes halogenated alkanes) is 16. The van der Waals surface area contributed by atoms with Crippen LogP contribution in [0.15, 0.2) is 97.2 Å². The molecule has 0 aliphatic heterocycles. The zero-order valence-electron chi connectivity index (χ0n) is 37.3. The van der Waals surface area contributed by atoms with Crippen LogP contribution in [0.25, 0.3) is 0 Å². The Hall–Kier alpha value is -3.67. The number of hydrogen-bond donors (Lipinski definition) is 0. The number of hydrogen-bond acceptors (Lipinski definition) is 6. The molecular weight excluding hydrogens is 721 g/mol. The molecule has 0 aliphatic rings. The third kappa shape index (κ3) is 43.5. The monoisotopic (exact) mass is 805 g/mol. The summed E-state index contributed by atoms with van der Waals surface area (Å²) < 4.78 is 16.6. The highest BCUT2D eigenvalue weighted by atomic mass is 16.6. The predicted octanol–water partition coefficient (Wildman–Crippen LogP) is 15.0. The van der Waals surface area contributed by atoms with E-state index >= 15 is 0 Å². The van der Waals surface area contributed by atoms with Crippen LogP contribution in [0, 0.1) is 0 Å². The van der Waals surface area contributed by atoms with Gasteiger partial charge >= 0.3 is 17.9 Å². The van der Waals surface area contributed by atoms with E-state index in [9.17, 15) is 14.4 Å². The van der Waals surface area contributed by atoms with Gasteiger partial charge in [-0.3, -0.25) is 14.4 Å². The van der Waals surface area contributed by atoms with E-state index in [0.29, 0.717) is 19.3 Å². The highest BCUT2D eigenvalue weighted by Crippen LogP contribution is 2.11. The SMILES string of the molecule is CC/C=C\C/C=C\C/C=C\CCCC(=O)OC(COC(=O)CCCCC/C=C\C=C/CCCC)COC(=O)CCCCCCC\C=C/C=C\C=C/CCCCCCC. The summed E-state index contributed by atoms with van der Waals surface area (Å²) in [6.07, 6.45) is 59.7. The lowest BCUT2D eigenvalue weighted by Gasteiger charge is -2.18. The van der Waals surface area contributed by atoms with Crippen LogP contribution < -0.4 is 0 Å². The molecule has 0 radical (unpaired) electrons. The lowest BCUT2D eigenvalue weighted by atomic mass is 10.1. The molecule has 1 atom stereocenters. The van der Waals surface area contributed by atoms with Gasteiger partial charge in [-0.25, -0.2) is 0 Å². The summed E-state index contributed by atoms with van der Waals surface area (Å²) in [4.78, 5) is 37.7. The van der Waals surface area contributed by atoms with Crippen molar-refractivity contribution in [3.05, 3.63) is 97.2 Å². The Balaban J connectivity index is 4.49. The van der Waals surface area contributed by atoms with Crippen molar-refractivity contribution in [1.29, 1.82) is 0 Å². The summed E-state index contributed by atoms with van der Waals surface area (Å²) >= 11 is 0. The number of esters is 3. The van der Waals surface area contributed by atoms with Gasteiger partial charge in [-0.05, 0) is 89.9 Å². The Morgan fingerprint density at radius 3 is 1.31 bits per heavy atom. The Labute approximate surface area is 356 Å². The van der Waals surface area contributed by atoms with Crippen LogP contribution in [0.4, 0.5) is 0 Å². The quantitative estimate of drug-likeness (QED) is 0.0202. The van der Waals surface area contributed by atoms with Gasteiger partial charge in [-0.15, -0.1) is 0 Å². The maximum atomic E-state index is 12.7. The molecule has 0 aromatic rings. The van der Waals surface area contributed by atoms with Crippen molar-refractivity contribution in [2.45, 2.75) is 200 Å². The first-order valence-electron chi connectivity index (χ1n) is 23.3. The van der Waals surface area contributed by atoms with Gasteiger partial charge in [0.05, 0.1) is 0 Å². The molecule has 6 nitrogen and oxygen atoms in total. The van der Waals surface area contributed by atoms with E-state index in [1.165, 1.54) is 44.9 Å². The summed E-state index contributed by atoms with van der Waals surface area (Å²) in [5.41, 5.74) is 0. The first-order chi connectivity index (χ1) is 28.5. The molecule has 0 amide bonds. The largest absolute Gasteiger partial charge is 0.462 e. The van der Waals surface area contributed by atoms with E-state index < -0.39 is 6.10 Å². The van der Waals surface area contributed by atoms with Crippen molar-refractivity contribution in [3.63, 3.8) is 0 Å². The second-order valence-electron chi connectivity index (χ2n) is 15.0. The molecule has 328 valence electrons. The third-order valence-corrected chi connectivity index (χ3v) is 9.38. The zero-order valence-corrected chi connectivity index (χ0v) is 37.3. The van der Waals surface area contributed by atoms with Crippen LogP contribution in [0.1, 0.15) is 194 Å². The average molecular weight is 805 g/mol. The van der Waals surface area contributed by atoms with Gasteiger partial charge < -0.3 is 14.2 Å². The van der Waals surface area contributed by atoms with Crippen LogP contribution in [0.3, 0.4) is 0 Å². The van der Waals surface area contributed by atoms with Crippen molar-refractivity contribution in [3.8, 4) is 0 Å².